The van der Waals surface area contributed by atoms with E-state index in [0.717, 1.165) is 10.9 Å². The van der Waals surface area contributed by atoms with Gasteiger partial charge in [0.15, 0.2) is 0 Å². The van der Waals surface area contributed by atoms with Crippen LogP contribution in [0.25, 0.3) is 0 Å². The highest BCUT2D eigenvalue weighted by Gasteiger charge is 2.18. The van der Waals surface area contributed by atoms with Gasteiger partial charge in [-0.15, -0.1) is 0 Å². The largest absolute Gasteiger partial charge is 0.338 e. The van der Waals surface area contributed by atoms with Crippen LogP contribution >= 0.6 is 15.9 Å². The fourth-order valence-electron chi connectivity index (χ4n) is 1.70. The lowest BCUT2D eigenvalue weighted by Crippen LogP contribution is -2.45. The Hall–Kier alpha value is -1.10. The van der Waals surface area contributed by atoms with Crippen molar-refractivity contribution in [2.24, 2.45) is 0 Å². The quantitative estimate of drug-likeness (QED) is 0.890. The lowest BCUT2D eigenvalue weighted by molar-refractivity contribution is 0.182. The summed E-state index contributed by atoms with van der Waals surface area (Å²) in [5.41, 5.74) is 0.534. The molecule has 1 N–H and O–H groups in total. The van der Waals surface area contributed by atoms with Gasteiger partial charge in [0.1, 0.15) is 5.82 Å². The molecule has 1 heterocycles. The molecule has 1 fully saturated rings. The van der Waals surface area contributed by atoms with Gasteiger partial charge in [0.2, 0.25) is 0 Å². The van der Waals surface area contributed by atoms with Crippen LogP contribution in [0.3, 0.4) is 0 Å². The minimum absolute atomic E-state index is 0.120. The molecule has 1 aromatic carbocycles. The van der Waals surface area contributed by atoms with Crippen LogP contribution in [0.2, 0.25) is 0 Å². The first-order valence-corrected chi connectivity index (χ1v) is 5.93. The zero-order valence-electron chi connectivity index (χ0n) is 8.67. The second-order valence-electron chi connectivity index (χ2n) is 3.74. The van der Waals surface area contributed by atoms with Crippen molar-refractivity contribution < 1.29 is 9.18 Å². The molecule has 2 amide bonds. The summed E-state index contributed by atoms with van der Waals surface area (Å²) in [5.74, 6) is -0.276. The Morgan fingerprint density at radius 1 is 1.50 bits per heavy atom. The van der Waals surface area contributed by atoms with Crippen molar-refractivity contribution in [3.8, 4) is 0 Å². The number of rotatable bonds is 2. The Labute approximate surface area is 102 Å². The molecule has 3 nitrogen and oxygen atoms in total. The number of carbonyl (C=O) groups excluding carboxylic acids is 1. The SMILES string of the molecule is O=C1NCCCN1Cc1cc(Br)ccc1F. The molecule has 0 saturated carbocycles. The van der Waals surface area contributed by atoms with Gasteiger partial charge < -0.3 is 10.2 Å². The highest BCUT2D eigenvalue weighted by molar-refractivity contribution is 9.10. The van der Waals surface area contributed by atoms with E-state index in [2.05, 4.69) is 21.2 Å². The maximum absolute atomic E-state index is 13.5. The summed E-state index contributed by atoms with van der Waals surface area (Å²) in [6, 6.07) is 4.64. The predicted octanol–water partition coefficient (Wildman–Crippen LogP) is 2.50. The highest BCUT2D eigenvalue weighted by Crippen LogP contribution is 2.18. The van der Waals surface area contributed by atoms with Crippen LogP contribution in [-0.4, -0.2) is 24.0 Å². The zero-order chi connectivity index (χ0) is 11.5. The number of urea groups is 1. The first-order chi connectivity index (χ1) is 7.66. The molecule has 1 saturated heterocycles. The molecular formula is C11H12BrFN2O. The summed E-state index contributed by atoms with van der Waals surface area (Å²) in [6.45, 7) is 1.70. The highest BCUT2D eigenvalue weighted by atomic mass is 79.9. The zero-order valence-corrected chi connectivity index (χ0v) is 10.3. The predicted molar refractivity (Wildman–Crippen MR) is 62.5 cm³/mol. The van der Waals surface area contributed by atoms with Gasteiger partial charge in [-0.3, -0.25) is 0 Å². The third kappa shape index (κ3) is 2.52. The van der Waals surface area contributed by atoms with Crippen LogP contribution in [0.1, 0.15) is 12.0 Å². The summed E-state index contributed by atoms with van der Waals surface area (Å²) >= 11 is 3.29. The topological polar surface area (TPSA) is 32.3 Å². The second kappa shape index (κ2) is 4.82. The third-order valence-electron chi connectivity index (χ3n) is 2.54. The van der Waals surface area contributed by atoms with Crippen LogP contribution in [0.15, 0.2) is 22.7 Å². The summed E-state index contributed by atoms with van der Waals surface area (Å²) < 4.78 is 14.3. The first-order valence-electron chi connectivity index (χ1n) is 5.13. The van der Waals surface area contributed by atoms with Gasteiger partial charge in [0.25, 0.3) is 0 Å². The summed E-state index contributed by atoms with van der Waals surface area (Å²) in [7, 11) is 0. The Morgan fingerprint density at radius 2 is 2.31 bits per heavy atom. The van der Waals surface area contributed by atoms with Crippen LogP contribution < -0.4 is 5.32 Å². The fourth-order valence-corrected chi connectivity index (χ4v) is 2.11. The van der Waals surface area contributed by atoms with Crippen LogP contribution in [0, 0.1) is 5.82 Å². The first kappa shape index (κ1) is 11.4. The van der Waals surface area contributed by atoms with Crippen molar-refractivity contribution in [3.63, 3.8) is 0 Å². The molecule has 0 spiro atoms. The molecule has 16 heavy (non-hydrogen) atoms. The Bertz CT molecular complexity index is 411. The summed E-state index contributed by atoms with van der Waals surface area (Å²) in [4.78, 5) is 13.1. The summed E-state index contributed by atoms with van der Waals surface area (Å²) in [6.07, 6.45) is 0.904. The molecule has 2 rings (SSSR count). The monoisotopic (exact) mass is 286 g/mol. The Morgan fingerprint density at radius 3 is 3.06 bits per heavy atom. The van der Waals surface area contributed by atoms with Gasteiger partial charge in [0, 0.05) is 23.1 Å². The number of amides is 2. The van der Waals surface area contributed by atoms with Gasteiger partial charge in [-0.05, 0) is 24.6 Å². The molecule has 0 radical (unpaired) electrons. The third-order valence-corrected chi connectivity index (χ3v) is 3.03. The van der Waals surface area contributed by atoms with Crippen LogP contribution in [-0.2, 0) is 6.54 Å². The Kier molecular flexibility index (Phi) is 3.43. The van der Waals surface area contributed by atoms with Crippen LogP contribution in [0.4, 0.5) is 9.18 Å². The molecule has 5 heteroatoms. The van der Waals surface area contributed by atoms with Crippen molar-refractivity contribution in [3.05, 3.63) is 34.1 Å². The normalized spacial score (nSPS) is 16.1. The summed E-state index contributed by atoms with van der Waals surface area (Å²) in [5, 5.41) is 2.74. The van der Waals surface area contributed by atoms with E-state index in [4.69, 9.17) is 0 Å². The molecule has 1 aliphatic rings. The molecule has 0 aliphatic carbocycles. The van der Waals surface area contributed by atoms with Gasteiger partial charge >= 0.3 is 6.03 Å². The van der Waals surface area contributed by atoms with Crippen molar-refractivity contribution in [1.29, 1.82) is 0 Å². The van der Waals surface area contributed by atoms with E-state index in [-0.39, 0.29) is 11.8 Å². The van der Waals surface area contributed by atoms with Crippen molar-refractivity contribution in [1.82, 2.24) is 10.2 Å². The van der Waals surface area contributed by atoms with Gasteiger partial charge in [0.05, 0.1) is 6.54 Å². The van der Waals surface area contributed by atoms with Gasteiger partial charge in [-0.25, -0.2) is 9.18 Å². The van der Waals surface area contributed by atoms with Gasteiger partial charge in [-0.1, -0.05) is 15.9 Å². The number of hydrogen-bond acceptors (Lipinski definition) is 1. The molecule has 1 aliphatic heterocycles. The lowest BCUT2D eigenvalue weighted by Gasteiger charge is -2.27. The average molecular weight is 287 g/mol. The Balaban J connectivity index is 2.13. The van der Waals surface area contributed by atoms with E-state index in [9.17, 15) is 9.18 Å². The lowest BCUT2D eigenvalue weighted by atomic mass is 10.2. The minimum atomic E-state index is -0.276. The maximum Gasteiger partial charge on any atom is 0.317 e. The van der Waals surface area contributed by atoms with Crippen molar-refractivity contribution >= 4 is 22.0 Å². The minimum Gasteiger partial charge on any atom is -0.338 e. The average Bonchev–Trinajstić information content (AvgIpc) is 2.27. The van der Waals surface area contributed by atoms with E-state index in [1.54, 1.807) is 17.0 Å². The molecular weight excluding hydrogens is 275 g/mol. The number of halogens is 2. The number of carbonyl (C=O) groups is 1. The number of benzene rings is 1. The molecule has 0 unspecified atom stereocenters. The number of nitrogens with one attached hydrogen (secondary N) is 1. The van der Waals surface area contributed by atoms with E-state index < -0.39 is 0 Å². The standard InChI is InChI=1S/C11H12BrFN2O/c12-9-2-3-10(13)8(6-9)7-15-5-1-4-14-11(15)16/h2-3,6H,1,4-5,7H2,(H,14,16). The second-order valence-corrected chi connectivity index (χ2v) is 4.66. The maximum atomic E-state index is 13.5. The molecule has 0 aromatic heterocycles. The number of nitrogens with zero attached hydrogens (tertiary/aromatic N) is 1. The fraction of sp³-hybridized carbons (Fsp3) is 0.364. The van der Waals surface area contributed by atoms with Crippen molar-refractivity contribution in [2.75, 3.05) is 13.1 Å². The molecule has 0 atom stereocenters. The van der Waals surface area contributed by atoms with Crippen molar-refractivity contribution in [2.45, 2.75) is 13.0 Å². The smallest absolute Gasteiger partial charge is 0.317 e. The van der Waals surface area contributed by atoms with E-state index in [1.165, 1.54) is 6.07 Å². The number of hydrogen-bond donors (Lipinski definition) is 1. The van der Waals surface area contributed by atoms with E-state index >= 15 is 0 Å². The van der Waals surface area contributed by atoms with E-state index in [1.807, 2.05) is 0 Å². The molecule has 86 valence electrons. The van der Waals surface area contributed by atoms with E-state index in [0.29, 0.717) is 25.2 Å². The van der Waals surface area contributed by atoms with Crippen LogP contribution in [0.5, 0.6) is 0 Å². The molecule has 0 bridgehead atoms. The van der Waals surface area contributed by atoms with Gasteiger partial charge in [-0.2, -0.15) is 0 Å². The molecule has 1 aromatic rings.